The van der Waals surface area contributed by atoms with Gasteiger partial charge in [-0.2, -0.15) is 11.3 Å². The van der Waals surface area contributed by atoms with Crippen molar-refractivity contribution in [1.82, 2.24) is 10.6 Å². The number of aliphatic hydroxyl groups is 1. The zero-order chi connectivity index (χ0) is 14.3. The summed E-state index contributed by atoms with van der Waals surface area (Å²) < 4.78 is 0. The van der Waals surface area contributed by atoms with Crippen LogP contribution < -0.4 is 10.6 Å². The molecule has 0 spiro atoms. The lowest BCUT2D eigenvalue weighted by Gasteiger charge is -2.20. The van der Waals surface area contributed by atoms with E-state index in [0.717, 1.165) is 18.4 Å². The summed E-state index contributed by atoms with van der Waals surface area (Å²) in [6.45, 7) is 6.33. The van der Waals surface area contributed by atoms with Gasteiger partial charge in [-0.05, 0) is 42.2 Å². The first kappa shape index (κ1) is 16.1. The minimum absolute atomic E-state index is 0.00813. The first-order valence-electron chi connectivity index (χ1n) is 6.82. The lowest BCUT2D eigenvalue weighted by Crippen LogP contribution is -2.46. The Morgan fingerprint density at radius 2 is 2.11 bits per heavy atom. The predicted molar refractivity (Wildman–Crippen MR) is 79.3 cm³/mol. The van der Waals surface area contributed by atoms with Crippen molar-refractivity contribution in [3.8, 4) is 0 Å². The summed E-state index contributed by atoms with van der Waals surface area (Å²) in [6, 6.07) is 1.83. The summed E-state index contributed by atoms with van der Waals surface area (Å²) in [4.78, 5) is 11.9. The molecule has 0 fully saturated rings. The van der Waals surface area contributed by atoms with Gasteiger partial charge in [0.05, 0.1) is 12.1 Å². The molecule has 0 aliphatic rings. The Morgan fingerprint density at radius 3 is 2.63 bits per heavy atom. The minimum Gasteiger partial charge on any atom is -0.387 e. The van der Waals surface area contributed by atoms with Crippen LogP contribution in [0, 0.1) is 0 Å². The maximum atomic E-state index is 11.9. The molecule has 5 heteroatoms. The molecule has 2 atom stereocenters. The maximum Gasteiger partial charge on any atom is 0.237 e. The van der Waals surface area contributed by atoms with Gasteiger partial charge in [0.2, 0.25) is 5.91 Å². The third kappa shape index (κ3) is 5.30. The largest absolute Gasteiger partial charge is 0.387 e. The molecule has 108 valence electrons. The fourth-order valence-electron chi connectivity index (χ4n) is 1.78. The van der Waals surface area contributed by atoms with Crippen LogP contribution in [0.3, 0.4) is 0 Å². The Bertz CT molecular complexity index is 364. The highest BCUT2D eigenvalue weighted by molar-refractivity contribution is 7.07. The van der Waals surface area contributed by atoms with Gasteiger partial charge in [-0.15, -0.1) is 0 Å². The van der Waals surface area contributed by atoms with E-state index in [9.17, 15) is 9.90 Å². The second kappa shape index (κ2) is 8.30. The number of nitrogens with one attached hydrogen (secondary N) is 2. The van der Waals surface area contributed by atoms with Gasteiger partial charge in [0.1, 0.15) is 0 Å². The van der Waals surface area contributed by atoms with Gasteiger partial charge in [0, 0.05) is 12.6 Å². The third-order valence-corrected chi connectivity index (χ3v) is 3.97. The zero-order valence-electron chi connectivity index (χ0n) is 11.8. The first-order valence-corrected chi connectivity index (χ1v) is 7.76. The standard InChI is InChI=1S/C14H24N2O2S/c1-4-12(5-2)16-14(18)10(3)15-8-13(17)11-6-7-19-9-11/h6-7,9-10,12-13,15,17H,4-5,8H2,1-3H3,(H,16,18). The van der Waals surface area contributed by atoms with Gasteiger partial charge in [-0.25, -0.2) is 0 Å². The number of thiophene rings is 1. The van der Waals surface area contributed by atoms with Gasteiger partial charge >= 0.3 is 0 Å². The molecular formula is C14H24N2O2S. The Kier molecular flexibility index (Phi) is 7.05. The summed E-state index contributed by atoms with van der Waals surface area (Å²) in [5, 5.41) is 19.8. The third-order valence-electron chi connectivity index (χ3n) is 3.27. The van der Waals surface area contributed by atoms with Crippen molar-refractivity contribution in [2.45, 2.75) is 51.8 Å². The highest BCUT2D eigenvalue weighted by Gasteiger charge is 2.17. The van der Waals surface area contributed by atoms with E-state index in [-0.39, 0.29) is 18.0 Å². The summed E-state index contributed by atoms with van der Waals surface area (Å²) in [7, 11) is 0. The molecule has 1 rings (SSSR count). The normalized spacial score (nSPS) is 14.4. The topological polar surface area (TPSA) is 61.4 Å². The van der Waals surface area contributed by atoms with Crippen molar-refractivity contribution in [1.29, 1.82) is 0 Å². The fourth-order valence-corrected chi connectivity index (χ4v) is 2.49. The summed E-state index contributed by atoms with van der Waals surface area (Å²) in [6.07, 6.45) is 1.31. The van der Waals surface area contributed by atoms with Crippen LogP contribution in [0.25, 0.3) is 0 Å². The van der Waals surface area contributed by atoms with Crippen molar-refractivity contribution in [3.63, 3.8) is 0 Å². The number of amides is 1. The first-order chi connectivity index (χ1) is 9.08. The summed E-state index contributed by atoms with van der Waals surface area (Å²) >= 11 is 1.56. The molecule has 2 unspecified atom stereocenters. The van der Waals surface area contributed by atoms with E-state index in [1.807, 2.05) is 23.8 Å². The number of hydrogen-bond acceptors (Lipinski definition) is 4. The molecule has 0 radical (unpaired) electrons. The van der Waals surface area contributed by atoms with E-state index in [1.165, 1.54) is 0 Å². The van der Waals surface area contributed by atoms with Crippen LogP contribution in [0.4, 0.5) is 0 Å². The van der Waals surface area contributed by atoms with E-state index in [1.54, 1.807) is 11.3 Å². The average molecular weight is 284 g/mol. The van der Waals surface area contributed by atoms with Crippen molar-refractivity contribution in [3.05, 3.63) is 22.4 Å². The van der Waals surface area contributed by atoms with E-state index in [4.69, 9.17) is 0 Å². The quantitative estimate of drug-likeness (QED) is 0.685. The number of carbonyl (C=O) groups excluding carboxylic acids is 1. The molecule has 0 saturated carbocycles. The van der Waals surface area contributed by atoms with Crippen LogP contribution in [-0.2, 0) is 4.79 Å². The van der Waals surface area contributed by atoms with Crippen molar-refractivity contribution in [2.75, 3.05) is 6.54 Å². The van der Waals surface area contributed by atoms with Crippen LogP contribution in [0.1, 0.15) is 45.3 Å². The Hall–Kier alpha value is -0.910. The van der Waals surface area contributed by atoms with E-state index in [0.29, 0.717) is 6.54 Å². The van der Waals surface area contributed by atoms with Crippen molar-refractivity contribution >= 4 is 17.2 Å². The van der Waals surface area contributed by atoms with Crippen molar-refractivity contribution in [2.24, 2.45) is 0 Å². The van der Waals surface area contributed by atoms with Crippen LogP contribution >= 0.6 is 11.3 Å². The smallest absolute Gasteiger partial charge is 0.237 e. The number of carbonyl (C=O) groups is 1. The molecule has 0 bridgehead atoms. The van der Waals surface area contributed by atoms with E-state index >= 15 is 0 Å². The van der Waals surface area contributed by atoms with Gasteiger partial charge in [-0.1, -0.05) is 13.8 Å². The van der Waals surface area contributed by atoms with E-state index in [2.05, 4.69) is 24.5 Å². The van der Waals surface area contributed by atoms with Crippen LogP contribution in [0.2, 0.25) is 0 Å². The summed E-state index contributed by atoms with van der Waals surface area (Å²) in [5.41, 5.74) is 0.894. The monoisotopic (exact) mass is 284 g/mol. The second-order valence-corrected chi connectivity index (χ2v) is 5.50. The highest BCUT2D eigenvalue weighted by atomic mass is 32.1. The predicted octanol–water partition coefficient (Wildman–Crippen LogP) is 2.06. The minimum atomic E-state index is -0.561. The van der Waals surface area contributed by atoms with Gasteiger partial charge in [-0.3, -0.25) is 4.79 Å². The van der Waals surface area contributed by atoms with Gasteiger partial charge in [0.15, 0.2) is 0 Å². The highest BCUT2D eigenvalue weighted by Crippen LogP contribution is 2.15. The Labute approximate surface area is 119 Å². The molecule has 4 nitrogen and oxygen atoms in total. The molecule has 1 amide bonds. The molecule has 0 aliphatic carbocycles. The molecule has 3 N–H and O–H groups in total. The van der Waals surface area contributed by atoms with Crippen LogP contribution in [-0.4, -0.2) is 29.6 Å². The van der Waals surface area contributed by atoms with Gasteiger partial charge in [0.25, 0.3) is 0 Å². The Morgan fingerprint density at radius 1 is 1.42 bits per heavy atom. The Balaban J connectivity index is 2.34. The molecule has 1 heterocycles. The SMILES string of the molecule is CCC(CC)NC(=O)C(C)NCC(O)c1ccsc1. The average Bonchev–Trinajstić information content (AvgIpc) is 2.95. The fraction of sp³-hybridized carbons (Fsp3) is 0.643. The lowest BCUT2D eigenvalue weighted by molar-refractivity contribution is -0.123. The number of hydrogen-bond donors (Lipinski definition) is 3. The number of aliphatic hydroxyl groups excluding tert-OH is 1. The van der Waals surface area contributed by atoms with E-state index < -0.39 is 6.10 Å². The summed E-state index contributed by atoms with van der Waals surface area (Å²) in [5.74, 6) is -0.00813. The lowest BCUT2D eigenvalue weighted by atomic mass is 10.1. The van der Waals surface area contributed by atoms with Crippen molar-refractivity contribution < 1.29 is 9.90 Å². The molecule has 19 heavy (non-hydrogen) atoms. The molecule has 1 aromatic heterocycles. The zero-order valence-corrected chi connectivity index (χ0v) is 12.7. The molecule has 1 aromatic rings. The molecule has 0 aromatic carbocycles. The number of rotatable bonds is 8. The van der Waals surface area contributed by atoms with Gasteiger partial charge < -0.3 is 15.7 Å². The molecule has 0 saturated heterocycles. The van der Waals surface area contributed by atoms with Crippen LogP contribution in [0.5, 0.6) is 0 Å². The second-order valence-electron chi connectivity index (χ2n) is 4.72. The molecule has 0 aliphatic heterocycles. The van der Waals surface area contributed by atoms with Crippen LogP contribution in [0.15, 0.2) is 16.8 Å². The maximum absolute atomic E-state index is 11.9. The molecular weight excluding hydrogens is 260 g/mol.